The second-order valence-corrected chi connectivity index (χ2v) is 4.00. The van der Waals surface area contributed by atoms with Crippen molar-refractivity contribution in [3.63, 3.8) is 0 Å². The zero-order chi connectivity index (χ0) is 13.1. The molecule has 2 N–H and O–H groups in total. The Kier molecular flexibility index (Phi) is 3.22. The lowest BCUT2D eigenvalue weighted by molar-refractivity contribution is 0.102. The Hall–Kier alpha value is -2.44. The molecule has 94 valence electrons. The first-order valence-corrected chi connectivity index (χ1v) is 5.40. The standard InChI is InChI=1S/C11H14N6O/c1-7-13-11(16-15-7)14-10(18)8-4-5-12-9(6-8)17(2)3/h4-6H,1-3H3,(H2,13,14,15,16,18). The molecule has 0 atom stereocenters. The number of amides is 1. The third kappa shape index (κ3) is 2.62. The highest BCUT2D eigenvalue weighted by Crippen LogP contribution is 2.10. The van der Waals surface area contributed by atoms with Crippen LogP contribution < -0.4 is 10.2 Å². The molecular weight excluding hydrogens is 232 g/mol. The summed E-state index contributed by atoms with van der Waals surface area (Å²) >= 11 is 0. The van der Waals surface area contributed by atoms with Crippen LogP contribution in [0.1, 0.15) is 16.2 Å². The molecule has 0 spiro atoms. The van der Waals surface area contributed by atoms with Crippen LogP contribution >= 0.6 is 0 Å². The highest BCUT2D eigenvalue weighted by atomic mass is 16.1. The minimum atomic E-state index is -0.264. The molecule has 7 heteroatoms. The van der Waals surface area contributed by atoms with Crippen LogP contribution in [-0.4, -0.2) is 40.2 Å². The Morgan fingerprint density at radius 2 is 2.22 bits per heavy atom. The number of carbonyl (C=O) groups is 1. The summed E-state index contributed by atoms with van der Waals surface area (Å²) in [6.45, 7) is 1.76. The van der Waals surface area contributed by atoms with Gasteiger partial charge in [-0.1, -0.05) is 0 Å². The highest BCUT2D eigenvalue weighted by molar-refractivity contribution is 6.03. The van der Waals surface area contributed by atoms with Crippen molar-refractivity contribution in [1.82, 2.24) is 20.2 Å². The molecule has 0 aliphatic rings. The summed E-state index contributed by atoms with van der Waals surface area (Å²) in [6.07, 6.45) is 1.59. The van der Waals surface area contributed by atoms with Gasteiger partial charge in [0.15, 0.2) is 0 Å². The van der Waals surface area contributed by atoms with E-state index in [0.29, 0.717) is 17.2 Å². The van der Waals surface area contributed by atoms with Crippen LogP contribution in [0.3, 0.4) is 0 Å². The molecule has 0 saturated heterocycles. The number of aryl methyl sites for hydroxylation is 1. The minimum absolute atomic E-state index is 0.264. The second kappa shape index (κ2) is 4.82. The number of hydrogen-bond donors (Lipinski definition) is 2. The van der Waals surface area contributed by atoms with E-state index in [1.807, 2.05) is 19.0 Å². The molecular formula is C11H14N6O. The van der Waals surface area contributed by atoms with Gasteiger partial charge >= 0.3 is 0 Å². The van der Waals surface area contributed by atoms with Crippen molar-refractivity contribution in [2.45, 2.75) is 6.92 Å². The number of hydrogen-bond acceptors (Lipinski definition) is 5. The molecule has 2 rings (SSSR count). The number of anilines is 2. The topological polar surface area (TPSA) is 86.8 Å². The number of aromatic amines is 1. The molecule has 0 aliphatic carbocycles. The number of nitrogens with one attached hydrogen (secondary N) is 2. The Bertz CT molecular complexity index is 562. The van der Waals surface area contributed by atoms with Gasteiger partial charge in [-0.05, 0) is 19.1 Å². The molecule has 0 saturated carbocycles. The predicted octanol–water partition coefficient (Wildman–Crippen LogP) is 0.826. The molecule has 18 heavy (non-hydrogen) atoms. The van der Waals surface area contributed by atoms with Crippen LogP contribution in [0.4, 0.5) is 11.8 Å². The fourth-order valence-electron chi connectivity index (χ4n) is 1.38. The molecule has 0 aliphatic heterocycles. The van der Waals surface area contributed by atoms with Crippen molar-refractivity contribution in [2.75, 3.05) is 24.3 Å². The van der Waals surface area contributed by atoms with Crippen molar-refractivity contribution in [3.8, 4) is 0 Å². The average Bonchev–Trinajstić information content (AvgIpc) is 2.75. The van der Waals surface area contributed by atoms with E-state index in [2.05, 4.69) is 25.5 Å². The zero-order valence-electron chi connectivity index (χ0n) is 10.4. The summed E-state index contributed by atoms with van der Waals surface area (Å²) < 4.78 is 0. The third-order valence-electron chi connectivity index (χ3n) is 2.29. The van der Waals surface area contributed by atoms with E-state index in [0.717, 1.165) is 0 Å². The van der Waals surface area contributed by atoms with Gasteiger partial charge in [0.1, 0.15) is 11.6 Å². The molecule has 0 radical (unpaired) electrons. The average molecular weight is 246 g/mol. The smallest absolute Gasteiger partial charge is 0.258 e. The summed E-state index contributed by atoms with van der Waals surface area (Å²) in [5, 5.41) is 9.11. The van der Waals surface area contributed by atoms with Gasteiger partial charge in [-0.3, -0.25) is 15.2 Å². The number of aromatic nitrogens is 4. The van der Waals surface area contributed by atoms with Crippen LogP contribution in [0.5, 0.6) is 0 Å². The van der Waals surface area contributed by atoms with Crippen LogP contribution in [-0.2, 0) is 0 Å². The normalized spacial score (nSPS) is 10.2. The number of pyridine rings is 1. The summed E-state index contributed by atoms with van der Waals surface area (Å²) in [5.74, 6) is 1.36. The number of rotatable bonds is 3. The predicted molar refractivity (Wildman–Crippen MR) is 67.6 cm³/mol. The van der Waals surface area contributed by atoms with E-state index in [-0.39, 0.29) is 11.9 Å². The summed E-state index contributed by atoms with van der Waals surface area (Å²) in [5.41, 5.74) is 0.510. The number of nitrogens with zero attached hydrogens (tertiary/aromatic N) is 4. The lowest BCUT2D eigenvalue weighted by atomic mass is 10.2. The Balaban J connectivity index is 2.16. The SMILES string of the molecule is Cc1nc(NC(=O)c2ccnc(N(C)C)c2)n[nH]1. The van der Waals surface area contributed by atoms with E-state index < -0.39 is 0 Å². The maximum Gasteiger partial charge on any atom is 0.258 e. The summed E-state index contributed by atoms with van der Waals surface area (Å²) in [6, 6.07) is 3.34. The molecule has 7 nitrogen and oxygen atoms in total. The van der Waals surface area contributed by atoms with Gasteiger partial charge < -0.3 is 4.90 Å². The first-order valence-electron chi connectivity index (χ1n) is 5.40. The van der Waals surface area contributed by atoms with Crippen LogP contribution in [0, 0.1) is 6.92 Å². The lowest BCUT2D eigenvalue weighted by Crippen LogP contribution is -2.15. The maximum absolute atomic E-state index is 11.9. The van der Waals surface area contributed by atoms with Crippen LogP contribution in [0.2, 0.25) is 0 Å². The van der Waals surface area contributed by atoms with E-state index in [1.165, 1.54) is 0 Å². The van der Waals surface area contributed by atoms with Gasteiger partial charge in [-0.2, -0.15) is 4.98 Å². The fourth-order valence-corrected chi connectivity index (χ4v) is 1.38. The molecule has 2 aromatic heterocycles. The van der Waals surface area contributed by atoms with Crippen LogP contribution in [0.15, 0.2) is 18.3 Å². The molecule has 1 amide bonds. The molecule has 0 unspecified atom stereocenters. The zero-order valence-corrected chi connectivity index (χ0v) is 10.4. The van der Waals surface area contributed by atoms with Gasteiger partial charge in [0.2, 0.25) is 5.95 Å². The monoisotopic (exact) mass is 246 g/mol. The number of H-pyrrole nitrogens is 1. The van der Waals surface area contributed by atoms with Crippen LogP contribution in [0.25, 0.3) is 0 Å². The largest absolute Gasteiger partial charge is 0.363 e. The molecule has 2 heterocycles. The first kappa shape index (κ1) is 12.0. The van der Waals surface area contributed by atoms with Gasteiger partial charge in [-0.25, -0.2) is 4.98 Å². The van der Waals surface area contributed by atoms with Gasteiger partial charge in [0.25, 0.3) is 5.91 Å². The second-order valence-electron chi connectivity index (χ2n) is 4.00. The highest BCUT2D eigenvalue weighted by Gasteiger charge is 2.10. The van der Waals surface area contributed by atoms with Crippen molar-refractivity contribution in [1.29, 1.82) is 0 Å². The molecule has 0 aromatic carbocycles. The minimum Gasteiger partial charge on any atom is -0.363 e. The third-order valence-corrected chi connectivity index (χ3v) is 2.29. The molecule has 0 bridgehead atoms. The van der Waals surface area contributed by atoms with Gasteiger partial charge in [0.05, 0.1) is 0 Å². The van der Waals surface area contributed by atoms with Crippen molar-refractivity contribution < 1.29 is 4.79 Å². The lowest BCUT2D eigenvalue weighted by Gasteiger charge is -2.11. The summed E-state index contributed by atoms with van der Waals surface area (Å²) in [7, 11) is 3.73. The number of carbonyl (C=O) groups excluding carboxylic acids is 1. The Morgan fingerprint density at radius 1 is 1.44 bits per heavy atom. The van der Waals surface area contributed by atoms with Crippen molar-refractivity contribution >= 4 is 17.7 Å². The van der Waals surface area contributed by atoms with Gasteiger partial charge in [-0.15, -0.1) is 5.10 Å². The van der Waals surface area contributed by atoms with Crippen molar-refractivity contribution in [2.24, 2.45) is 0 Å². The molecule has 2 aromatic rings. The fraction of sp³-hybridized carbons (Fsp3) is 0.273. The summed E-state index contributed by atoms with van der Waals surface area (Å²) in [4.78, 5) is 21.9. The maximum atomic E-state index is 11.9. The Labute approximate surface area is 104 Å². The van der Waals surface area contributed by atoms with E-state index in [4.69, 9.17) is 0 Å². The van der Waals surface area contributed by atoms with Gasteiger partial charge in [0, 0.05) is 25.9 Å². The van der Waals surface area contributed by atoms with E-state index in [1.54, 1.807) is 25.3 Å². The van der Waals surface area contributed by atoms with Crippen molar-refractivity contribution in [3.05, 3.63) is 29.7 Å². The quantitative estimate of drug-likeness (QED) is 0.837. The molecule has 0 fully saturated rings. The Morgan fingerprint density at radius 3 is 2.83 bits per heavy atom. The first-order chi connectivity index (χ1) is 8.56. The van der Waals surface area contributed by atoms with E-state index >= 15 is 0 Å². The van der Waals surface area contributed by atoms with E-state index in [9.17, 15) is 4.79 Å².